The summed E-state index contributed by atoms with van der Waals surface area (Å²) in [6.45, 7) is 13.1. The number of hydrogen-bond donors (Lipinski definition) is 0. The van der Waals surface area contributed by atoms with Crippen LogP contribution >= 0.6 is 0 Å². The van der Waals surface area contributed by atoms with Gasteiger partial charge in [0.05, 0.1) is 22.8 Å². The maximum absolute atomic E-state index is 5.19. The molecule has 3 heteroatoms. The molecule has 0 bridgehead atoms. The van der Waals surface area contributed by atoms with Gasteiger partial charge in [-0.3, -0.25) is 9.98 Å². The van der Waals surface area contributed by atoms with Crippen LogP contribution in [-0.2, 0) is 16.5 Å². The van der Waals surface area contributed by atoms with Crippen LogP contribution in [0.3, 0.4) is 0 Å². The Hall–Kier alpha value is -1.73. The minimum Gasteiger partial charge on any atom is -0.252 e. The van der Waals surface area contributed by atoms with Gasteiger partial charge in [-0.1, -0.05) is 64.5 Å². The Morgan fingerprint density at radius 2 is 0.879 bits per heavy atom. The fraction of sp³-hybridized carbons (Fsp3) is 0.533. The smallest absolute Gasteiger partial charge is 0.0639 e. The Balaban J connectivity index is 0.00000544. The van der Waals surface area contributed by atoms with Crippen molar-refractivity contribution < 1.29 is 16.5 Å². The molecule has 0 unspecified atom stereocenters. The monoisotopic (exact) mass is 490 g/mol. The molecule has 0 fully saturated rings. The quantitative estimate of drug-likeness (QED) is 0.151. The van der Waals surface area contributed by atoms with E-state index in [0.29, 0.717) is 0 Å². The second kappa shape index (κ2) is 16.0. The zero-order valence-electron chi connectivity index (χ0n) is 21.7. The summed E-state index contributed by atoms with van der Waals surface area (Å²) in [6.07, 6.45) is 12.1. The van der Waals surface area contributed by atoms with E-state index in [1.807, 2.05) is 0 Å². The SMILES string of the molecule is CCCCCCCCC(=N\c1cc(C)cc(C)c1)/C(CCCC)=N/c1cc(C)cc(C)c1.[Ni]. The standard InChI is InChI=1S/C30H44N2.Ni/c1-7-9-11-12-13-14-16-30(32-28-21-25(5)18-26(6)22-28)29(15-10-8-2)31-27-19-23(3)17-24(4)20-27;/h17-22H,7-16H2,1-6H3;/b31-29+,32-30+;. The Morgan fingerprint density at radius 1 is 0.515 bits per heavy atom. The maximum atomic E-state index is 5.19. The van der Waals surface area contributed by atoms with Crippen LogP contribution in [-0.4, -0.2) is 11.4 Å². The van der Waals surface area contributed by atoms with Gasteiger partial charge in [0.15, 0.2) is 0 Å². The summed E-state index contributed by atoms with van der Waals surface area (Å²) in [5.41, 5.74) is 9.54. The molecule has 2 nitrogen and oxygen atoms in total. The second-order valence-electron chi connectivity index (χ2n) is 9.43. The molecule has 2 rings (SSSR count). The summed E-state index contributed by atoms with van der Waals surface area (Å²) in [7, 11) is 0. The fourth-order valence-electron chi connectivity index (χ4n) is 4.29. The third-order valence-electron chi connectivity index (χ3n) is 5.81. The van der Waals surface area contributed by atoms with Gasteiger partial charge in [0.2, 0.25) is 0 Å². The zero-order chi connectivity index (χ0) is 23.3. The molecule has 0 atom stereocenters. The van der Waals surface area contributed by atoms with Crippen LogP contribution in [0.5, 0.6) is 0 Å². The van der Waals surface area contributed by atoms with Crippen molar-refractivity contribution in [1.82, 2.24) is 0 Å². The molecule has 0 N–H and O–H groups in total. The molecule has 0 aromatic heterocycles. The largest absolute Gasteiger partial charge is 0.252 e. The first-order chi connectivity index (χ1) is 15.4. The van der Waals surface area contributed by atoms with Crippen LogP contribution in [0.1, 0.15) is 100 Å². The van der Waals surface area contributed by atoms with Crippen LogP contribution in [0.15, 0.2) is 46.4 Å². The molecule has 0 heterocycles. The number of rotatable bonds is 13. The van der Waals surface area contributed by atoms with Crippen LogP contribution < -0.4 is 0 Å². The van der Waals surface area contributed by atoms with Crippen LogP contribution in [0, 0.1) is 27.7 Å². The molecule has 33 heavy (non-hydrogen) atoms. The van der Waals surface area contributed by atoms with E-state index >= 15 is 0 Å². The molecule has 0 saturated heterocycles. The van der Waals surface area contributed by atoms with Crippen LogP contribution in [0.2, 0.25) is 0 Å². The van der Waals surface area contributed by atoms with Gasteiger partial charge in [-0.2, -0.15) is 0 Å². The minimum absolute atomic E-state index is 0. The molecular weight excluding hydrogens is 447 g/mol. The average Bonchev–Trinajstić information content (AvgIpc) is 2.71. The summed E-state index contributed by atoms with van der Waals surface area (Å²) in [6, 6.07) is 13.2. The summed E-state index contributed by atoms with van der Waals surface area (Å²) < 4.78 is 0. The molecule has 0 amide bonds. The molecule has 0 aliphatic heterocycles. The molecule has 0 saturated carbocycles. The van der Waals surface area contributed by atoms with Gasteiger partial charge in [-0.05, 0) is 99.9 Å². The summed E-state index contributed by atoms with van der Waals surface area (Å²) >= 11 is 0. The topological polar surface area (TPSA) is 24.7 Å². The molecule has 184 valence electrons. The van der Waals surface area contributed by atoms with Crippen molar-refractivity contribution in [2.24, 2.45) is 9.98 Å². The number of nitrogens with zero attached hydrogens (tertiary/aromatic N) is 2. The molecule has 0 spiro atoms. The van der Waals surface area contributed by atoms with Gasteiger partial charge < -0.3 is 0 Å². The van der Waals surface area contributed by atoms with Crippen molar-refractivity contribution in [1.29, 1.82) is 0 Å². The number of hydrogen-bond acceptors (Lipinski definition) is 2. The van der Waals surface area contributed by atoms with Crippen LogP contribution in [0.4, 0.5) is 11.4 Å². The predicted molar refractivity (Wildman–Crippen MR) is 144 cm³/mol. The summed E-state index contributed by atoms with van der Waals surface area (Å²) in [4.78, 5) is 10.4. The normalized spacial score (nSPS) is 12.1. The molecule has 2 aromatic rings. The van der Waals surface area contributed by atoms with E-state index in [2.05, 4.69) is 77.9 Å². The van der Waals surface area contributed by atoms with Crippen molar-refractivity contribution in [2.75, 3.05) is 0 Å². The molecule has 0 aliphatic rings. The van der Waals surface area contributed by atoms with Gasteiger partial charge in [0, 0.05) is 16.5 Å². The van der Waals surface area contributed by atoms with E-state index in [-0.39, 0.29) is 16.5 Å². The van der Waals surface area contributed by atoms with Gasteiger partial charge in [0.25, 0.3) is 0 Å². The maximum Gasteiger partial charge on any atom is 0.0639 e. The van der Waals surface area contributed by atoms with E-state index in [9.17, 15) is 0 Å². The van der Waals surface area contributed by atoms with Gasteiger partial charge >= 0.3 is 0 Å². The van der Waals surface area contributed by atoms with Crippen molar-refractivity contribution in [2.45, 2.75) is 106 Å². The summed E-state index contributed by atoms with van der Waals surface area (Å²) in [5, 5.41) is 0. The predicted octanol–water partition coefficient (Wildman–Crippen LogP) is 9.70. The van der Waals surface area contributed by atoms with Gasteiger partial charge in [-0.15, -0.1) is 0 Å². The summed E-state index contributed by atoms with van der Waals surface area (Å²) in [5.74, 6) is 0. The Kier molecular flexibility index (Phi) is 14.2. The number of aliphatic imine (C=N–C) groups is 2. The molecule has 2 aromatic carbocycles. The third kappa shape index (κ3) is 11.3. The van der Waals surface area contributed by atoms with E-state index in [1.54, 1.807) is 0 Å². The van der Waals surface area contributed by atoms with Gasteiger partial charge in [-0.25, -0.2) is 0 Å². The van der Waals surface area contributed by atoms with Crippen molar-refractivity contribution in [3.8, 4) is 0 Å². The number of benzene rings is 2. The van der Waals surface area contributed by atoms with E-state index in [1.165, 1.54) is 78.6 Å². The number of aryl methyl sites for hydroxylation is 4. The number of unbranched alkanes of at least 4 members (excludes halogenated alkanes) is 6. The third-order valence-corrected chi connectivity index (χ3v) is 5.81. The fourth-order valence-corrected chi connectivity index (χ4v) is 4.29. The van der Waals surface area contributed by atoms with Crippen molar-refractivity contribution >= 4 is 22.8 Å². The first kappa shape index (κ1) is 29.3. The van der Waals surface area contributed by atoms with Crippen molar-refractivity contribution in [3.63, 3.8) is 0 Å². The molecular formula is C30H44N2Ni. The first-order valence-corrected chi connectivity index (χ1v) is 12.7. The Labute approximate surface area is 213 Å². The Morgan fingerprint density at radius 3 is 1.30 bits per heavy atom. The molecule has 0 aliphatic carbocycles. The Bertz CT molecular complexity index is 871. The second-order valence-corrected chi connectivity index (χ2v) is 9.43. The van der Waals surface area contributed by atoms with Gasteiger partial charge in [0.1, 0.15) is 0 Å². The molecule has 0 radical (unpaired) electrons. The van der Waals surface area contributed by atoms with E-state index in [0.717, 1.165) is 30.6 Å². The van der Waals surface area contributed by atoms with E-state index in [4.69, 9.17) is 9.98 Å². The van der Waals surface area contributed by atoms with E-state index < -0.39 is 0 Å². The first-order valence-electron chi connectivity index (χ1n) is 12.7. The zero-order valence-corrected chi connectivity index (χ0v) is 22.7. The average molecular weight is 491 g/mol. The van der Waals surface area contributed by atoms with Crippen LogP contribution in [0.25, 0.3) is 0 Å². The minimum atomic E-state index is 0. The van der Waals surface area contributed by atoms with Crippen molar-refractivity contribution in [3.05, 3.63) is 58.7 Å².